The number of likely N-dealkylation sites (tertiary alicyclic amines) is 1. The predicted octanol–water partition coefficient (Wildman–Crippen LogP) is 3.29. The lowest BCUT2D eigenvalue weighted by molar-refractivity contribution is -0.112. The van der Waals surface area contributed by atoms with E-state index in [-0.39, 0.29) is 12.3 Å². The first-order valence-electron chi connectivity index (χ1n) is 7.84. The highest BCUT2D eigenvalue weighted by atomic mass is 79.9. The van der Waals surface area contributed by atoms with E-state index in [1.54, 1.807) is 11.3 Å². The Kier molecular flexibility index (Phi) is 4.77. The van der Waals surface area contributed by atoms with Gasteiger partial charge in [0.25, 0.3) is 0 Å². The van der Waals surface area contributed by atoms with Crippen LogP contribution in [0.4, 0.5) is 0 Å². The van der Waals surface area contributed by atoms with E-state index < -0.39 is 0 Å². The standard InChI is InChI=1S/C15H18BrN3O3S/c16-10-7-12(23-9-10)14-17-13(22-18-14)8-19-4-2-1-3-11(19)15-20-5-6-21-15/h7,9,11,15H,1-6,8H2. The molecule has 2 aliphatic heterocycles. The molecule has 0 bridgehead atoms. The molecule has 6 nitrogen and oxygen atoms in total. The van der Waals surface area contributed by atoms with Gasteiger partial charge in [0.2, 0.25) is 11.7 Å². The number of aromatic nitrogens is 2. The molecule has 2 saturated heterocycles. The summed E-state index contributed by atoms with van der Waals surface area (Å²) in [5.41, 5.74) is 0. The number of hydrogen-bond donors (Lipinski definition) is 0. The van der Waals surface area contributed by atoms with Crippen molar-refractivity contribution in [1.82, 2.24) is 15.0 Å². The summed E-state index contributed by atoms with van der Waals surface area (Å²) in [4.78, 5) is 7.89. The smallest absolute Gasteiger partial charge is 0.241 e. The van der Waals surface area contributed by atoms with Crippen molar-refractivity contribution in [3.05, 3.63) is 21.8 Å². The molecule has 0 aliphatic carbocycles. The molecule has 8 heteroatoms. The van der Waals surface area contributed by atoms with E-state index in [2.05, 4.69) is 31.0 Å². The summed E-state index contributed by atoms with van der Waals surface area (Å²) < 4.78 is 17.9. The summed E-state index contributed by atoms with van der Waals surface area (Å²) >= 11 is 5.05. The van der Waals surface area contributed by atoms with E-state index in [0.29, 0.717) is 31.5 Å². The maximum absolute atomic E-state index is 5.70. The highest BCUT2D eigenvalue weighted by molar-refractivity contribution is 9.10. The maximum atomic E-state index is 5.70. The quantitative estimate of drug-likeness (QED) is 0.785. The van der Waals surface area contributed by atoms with Gasteiger partial charge in [-0.2, -0.15) is 4.98 Å². The van der Waals surface area contributed by atoms with Gasteiger partial charge in [0.1, 0.15) is 0 Å². The molecule has 4 rings (SSSR count). The van der Waals surface area contributed by atoms with Crippen molar-refractivity contribution in [2.75, 3.05) is 19.8 Å². The first kappa shape index (κ1) is 15.7. The van der Waals surface area contributed by atoms with Gasteiger partial charge in [-0.15, -0.1) is 11.3 Å². The van der Waals surface area contributed by atoms with Crippen LogP contribution >= 0.6 is 27.3 Å². The molecule has 2 aromatic rings. The molecule has 4 heterocycles. The monoisotopic (exact) mass is 399 g/mol. The van der Waals surface area contributed by atoms with Gasteiger partial charge in [-0.05, 0) is 41.4 Å². The molecule has 1 atom stereocenters. The SMILES string of the molecule is Brc1csc(-c2noc(CN3CCCCC3C3OCCO3)n2)c1. The highest BCUT2D eigenvalue weighted by Gasteiger charge is 2.34. The lowest BCUT2D eigenvalue weighted by atomic mass is 10.0. The third kappa shape index (κ3) is 3.51. The molecule has 0 saturated carbocycles. The van der Waals surface area contributed by atoms with Crippen LogP contribution in [0.5, 0.6) is 0 Å². The van der Waals surface area contributed by atoms with E-state index in [0.717, 1.165) is 22.3 Å². The number of thiophene rings is 1. The Balaban J connectivity index is 1.46. The van der Waals surface area contributed by atoms with Gasteiger partial charge in [-0.3, -0.25) is 4.90 Å². The highest BCUT2D eigenvalue weighted by Crippen LogP contribution is 2.29. The first-order valence-corrected chi connectivity index (χ1v) is 9.51. The van der Waals surface area contributed by atoms with Crippen molar-refractivity contribution in [2.45, 2.75) is 38.1 Å². The number of hydrogen-bond acceptors (Lipinski definition) is 7. The molecular formula is C15H18BrN3O3S. The Morgan fingerprint density at radius 1 is 1.30 bits per heavy atom. The Morgan fingerprint density at radius 2 is 2.17 bits per heavy atom. The minimum atomic E-state index is -0.119. The largest absolute Gasteiger partial charge is 0.349 e. The van der Waals surface area contributed by atoms with Gasteiger partial charge in [0.05, 0.1) is 30.7 Å². The lowest BCUT2D eigenvalue weighted by Crippen LogP contribution is -2.46. The molecule has 0 aromatic carbocycles. The van der Waals surface area contributed by atoms with Crippen molar-refractivity contribution in [1.29, 1.82) is 0 Å². The van der Waals surface area contributed by atoms with Crippen molar-refractivity contribution in [3.63, 3.8) is 0 Å². The molecule has 2 fully saturated rings. The fraction of sp³-hybridized carbons (Fsp3) is 0.600. The molecule has 2 aliphatic rings. The Morgan fingerprint density at radius 3 is 2.96 bits per heavy atom. The average Bonchev–Trinajstić information content (AvgIpc) is 3.29. The molecule has 23 heavy (non-hydrogen) atoms. The van der Waals surface area contributed by atoms with E-state index in [4.69, 9.17) is 14.0 Å². The minimum absolute atomic E-state index is 0.119. The van der Waals surface area contributed by atoms with Gasteiger partial charge in [0, 0.05) is 9.85 Å². The van der Waals surface area contributed by atoms with Crippen LogP contribution in [-0.2, 0) is 16.0 Å². The predicted molar refractivity (Wildman–Crippen MR) is 89.1 cm³/mol. The lowest BCUT2D eigenvalue weighted by Gasteiger charge is -2.36. The summed E-state index contributed by atoms with van der Waals surface area (Å²) in [5.74, 6) is 1.30. The Labute approximate surface area is 146 Å². The zero-order chi connectivity index (χ0) is 15.6. The fourth-order valence-corrected chi connectivity index (χ4v) is 4.50. The zero-order valence-electron chi connectivity index (χ0n) is 12.6. The maximum Gasteiger partial charge on any atom is 0.241 e. The van der Waals surface area contributed by atoms with Crippen molar-refractivity contribution >= 4 is 27.3 Å². The molecule has 0 radical (unpaired) electrons. The van der Waals surface area contributed by atoms with E-state index in [1.807, 2.05) is 11.4 Å². The van der Waals surface area contributed by atoms with E-state index in [1.165, 1.54) is 12.8 Å². The van der Waals surface area contributed by atoms with Crippen LogP contribution in [-0.4, -0.2) is 47.1 Å². The molecule has 2 aromatic heterocycles. The van der Waals surface area contributed by atoms with Gasteiger partial charge in [0.15, 0.2) is 6.29 Å². The number of piperidine rings is 1. The molecular weight excluding hydrogens is 382 g/mol. The third-order valence-electron chi connectivity index (χ3n) is 4.22. The summed E-state index contributed by atoms with van der Waals surface area (Å²) in [5, 5.41) is 6.12. The average molecular weight is 400 g/mol. The number of nitrogens with zero attached hydrogens (tertiary/aromatic N) is 3. The number of ether oxygens (including phenoxy) is 2. The summed E-state index contributed by atoms with van der Waals surface area (Å²) in [6, 6.07) is 2.28. The van der Waals surface area contributed by atoms with Gasteiger partial charge in [-0.25, -0.2) is 0 Å². The van der Waals surface area contributed by atoms with E-state index >= 15 is 0 Å². The second kappa shape index (κ2) is 6.98. The van der Waals surface area contributed by atoms with Crippen molar-refractivity contribution in [2.24, 2.45) is 0 Å². The molecule has 1 unspecified atom stereocenters. The Bertz CT molecular complexity index is 656. The summed E-state index contributed by atoms with van der Waals surface area (Å²) in [7, 11) is 0. The third-order valence-corrected chi connectivity index (χ3v) is 5.91. The van der Waals surface area contributed by atoms with Crippen LogP contribution in [0.15, 0.2) is 20.4 Å². The molecule has 124 valence electrons. The van der Waals surface area contributed by atoms with Crippen LogP contribution in [0.2, 0.25) is 0 Å². The number of halogens is 1. The van der Waals surface area contributed by atoms with Gasteiger partial charge >= 0.3 is 0 Å². The van der Waals surface area contributed by atoms with Crippen LogP contribution in [0.3, 0.4) is 0 Å². The fourth-order valence-electron chi connectivity index (χ4n) is 3.14. The normalized spacial score (nSPS) is 23.6. The van der Waals surface area contributed by atoms with Gasteiger partial charge < -0.3 is 14.0 Å². The molecule has 0 N–H and O–H groups in total. The van der Waals surface area contributed by atoms with Crippen LogP contribution in [0.25, 0.3) is 10.7 Å². The Hall–Kier alpha value is -0.800. The number of rotatable bonds is 4. The summed E-state index contributed by atoms with van der Waals surface area (Å²) in [6.07, 6.45) is 3.36. The first-order chi connectivity index (χ1) is 11.3. The van der Waals surface area contributed by atoms with Crippen molar-refractivity contribution in [3.8, 4) is 10.7 Å². The van der Waals surface area contributed by atoms with Crippen LogP contribution < -0.4 is 0 Å². The second-order valence-electron chi connectivity index (χ2n) is 5.78. The molecule has 0 spiro atoms. The van der Waals surface area contributed by atoms with Crippen molar-refractivity contribution < 1.29 is 14.0 Å². The second-order valence-corrected chi connectivity index (χ2v) is 7.61. The topological polar surface area (TPSA) is 60.6 Å². The van der Waals surface area contributed by atoms with Crippen LogP contribution in [0, 0.1) is 0 Å². The van der Waals surface area contributed by atoms with Gasteiger partial charge in [-0.1, -0.05) is 11.6 Å². The van der Waals surface area contributed by atoms with E-state index in [9.17, 15) is 0 Å². The summed E-state index contributed by atoms with van der Waals surface area (Å²) in [6.45, 7) is 3.03. The minimum Gasteiger partial charge on any atom is -0.349 e. The molecule has 0 amide bonds. The zero-order valence-corrected chi connectivity index (χ0v) is 15.0. The van der Waals surface area contributed by atoms with Crippen LogP contribution in [0.1, 0.15) is 25.2 Å².